The summed E-state index contributed by atoms with van der Waals surface area (Å²) in [6.07, 6.45) is 0. The summed E-state index contributed by atoms with van der Waals surface area (Å²) in [6, 6.07) is 13.1. The van der Waals surface area contributed by atoms with Crippen molar-refractivity contribution >= 4 is 34.2 Å². The summed E-state index contributed by atoms with van der Waals surface area (Å²) in [7, 11) is 0. The van der Waals surface area contributed by atoms with Gasteiger partial charge in [-0.2, -0.15) is 0 Å². The highest BCUT2D eigenvalue weighted by Crippen LogP contribution is 2.22. The van der Waals surface area contributed by atoms with Gasteiger partial charge < -0.3 is 4.84 Å². The highest BCUT2D eigenvalue weighted by Gasteiger charge is 2.03. The third kappa shape index (κ3) is 3.66. The van der Waals surface area contributed by atoms with Gasteiger partial charge in [-0.1, -0.05) is 46.6 Å². The summed E-state index contributed by atoms with van der Waals surface area (Å²) in [5.74, 6) is 0. The minimum Gasteiger partial charge on any atom is -0.390 e. The quantitative estimate of drug-likeness (QED) is 0.642. The number of aryl methyl sites for hydroxylation is 2. The Morgan fingerprint density at radius 1 is 0.917 bits per heavy atom. The molecule has 1 heterocycles. The van der Waals surface area contributed by atoms with Gasteiger partial charge in [0.2, 0.25) is 0 Å². The molecular weight excluding hydrogens is 345 g/mol. The van der Waals surface area contributed by atoms with E-state index in [0.717, 1.165) is 28.0 Å². The number of fused-ring (bicyclic) bond motifs is 1. The molecule has 3 aromatic rings. The van der Waals surface area contributed by atoms with Crippen LogP contribution in [0.1, 0.15) is 17.0 Å². The van der Waals surface area contributed by atoms with Gasteiger partial charge in [-0.25, -0.2) is 9.97 Å². The van der Waals surface area contributed by atoms with E-state index in [2.05, 4.69) is 15.1 Å². The summed E-state index contributed by atoms with van der Waals surface area (Å²) < 4.78 is 0. The number of para-hydroxylation sites is 2. The second-order valence-corrected chi connectivity index (χ2v) is 6.16. The minimum absolute atomic E-state index is 0.286. The van der Waals surface area contributed by atoms with Crippen molar-refractivity contribution in [2.24, 2.45) is 5.16 Å². The van der Waals surface area contributed by atoms with Crippen LogP contribution in [0.5, 0.6) is 0 Å². The molecule has 0 fully saturated rings. The molecule has 1 aromatic heterocycles. The third-order valence-electron chi connectivity index (χ3n) is 3.51. The molecule has 4 nitrogen and oxygen atoms in total. The fourth-order valence-corrected chi connectivity index (χ4v) is 2.64. The first-order valence-corrected chi connectivity index (χ1v) is 8.14. The SMILES string of the molecule is Cc1nc2ccccc2nc(C)c1=NOCc1ccc(Cl)c(Cl)c1. The van der Waals surface area contributed by atoms with Crippen molar-refractivity contribution in [3.63, 3.8) is 0 Å². The average Bonchev–Trinajstić information content (AvgIpc) is 2.67. The van der Waals surface area contributed by atoms with Gasteiger partial charge in [0, 0.05) is 0 Å². The van der Waals surface area contributed by atoms with Crippen LogP contribution in [0.2, 0.25) is 10.0 Å². The summed E-state index contributed by atoms with van der Waals surface area (Å²) in [5, 5.41) is 5.85. The van der Waals surface area contributed by atoms with Gasteiger partial charge in [0.05, 0.1) is 32.5 Å². The standard InChI is InChI=1S/C18H15Cl2N3O/c1-11-18(12(2)22-17-6-4-3-5-16(17)21-11)23-24-10-13-7-8-14(19)15(20)9-13/h3-9H,10H2,1-2H3. The maximum Gasteiger partial charge on any atom is 0.145 e. The minimum atomic E-state index is 0.286. The van der Waals surface area contributed by atoms with E-state index >= 15 is 0 Å². The molecule has 0 radical (unpaired) electrons. The summed E-state index contributed by atoms with van der Waals surface area (Å²) in [6.45, 7) is 4.07. The van der Waals surface area contributed by atoms with E-state index in [9.17, 15) is 0 Å². The van der Waals surface area contributed by atoms with Crippen LogP contribution in [0.25, 0.3) is 11.0 Å². The van der Waals surface area contributed by atoms with Gasteiger partial charge in [-0.15, -0.1) is 0 Å². The molecule has 24 heavy (non-hydrogen) atoms. The molecule has 6 heteroatoms. The number of nitrogens with zero attached hydrogens (tertiary/aromatic N) is 3. The Hall–Kier alpha value is -2.17. The van der Waals surface area contributed by atoms with Gasteiger partial charge in [-0.05, 0) is 43.7 Å². The van der Waals surface area contributed by atoms with Gasteiger partial charge in [0.1, 0.15) is 12.0 Å². The first kappa shape index (κ1) is 16.7. The fraction of sp³-hybridized carbons (Fsp3) is 0.167. The van der Waals surface area contributed by atoms with Crippen molar-refractivity contribution in [2.45, 2.75) is 20.5 Å². The van der Waals surface area contributed by atoms with Crippen LogP contribution in [0.4, 0.5) is 0 Å². The maximum absolute atomic E-state index is 6.00. The van der Waals surface area contributed by atoms with Gasteiger partial charge in [0.15, 0.2) is 0 Å². The molecule has 2 aromatic carbocycles. The number of hydrogen-bond donors (Lipinski definition) is 0. The van der Waals surface area contributed by atoms with E-state index in [1.165, 1.54) is 0 Å². The van der Waals surface area contributed by atoms with Crippen LogP contribution >= 0.6 is 23.2 Å². The molecule has 0 aliphatic rings. The normalized spacial score (nSPS) is 10.7. The van der Waals surface area contributed by atoms with Crippen LogP contribution in [0.3, 0.4) is 0 Å². The van der Waals surface area contributed by atoms with E-state index < -0.39 is 0 Å². The number of halogens is 2. The monoisotopic (exact) mass is 359 g/mol. The lowest BCUT2D eigenvalue weighted by Gasteiger charge is -2.02. The molecule has 0 saturated heterocycles. The molecule has 0 N–H and O–H groups in total. The van der Waals surface area contributed by atoms with Crippen LogP contribution in [0, 0.1) is 13.8 Å². The van der Waals surface area contributed by atoms with Gasteiger partial charge >= 0.3 is 0 Å². The van der Waals surface area contributed by atoms with Crippen molar-refractivity contribution < 1.29 is 4.84 Å². The molecule has 3 rings (SSSR count). The Morgan fingerprint density at radius 3 is 2.12 bits per heavy atom. The first-order chi connectivity index (χ1) is 11.5. The average molecular weight is 360 g/mol. The smallest absolute Gasteiger partial charge is 0.145 e. The zero-order valence-electron chi connectivity index (χ0n) is 13.3. The summed E-state index contributed by atoms with van der Waals surface area (Å²) in [5.41, 5.74) is 4.05. The molecule has 0 unspecified atom stereocenters. The summed E-state index contributed by atoms with van der Waals surface area (Å²) in [4.78, 5) is 14.6. The predicted molar refractivity (Wildman–Crippen MR) is 95.8 cm³/mol. The van der Waals surface area contributed by atoms with E-state index in [1.807, 2.05) is 44.2 Å². The molecule has 122 valence electrons. The van der Waals surface area contributed by atoms with E-state index in [1.54, 1.807) is 12.1 Å². The Labute approximate surface area is 149 Å². The number of benzene rings is 2. The molecule has 0 amide bonds. The van der Waals surface area contributed by atoms with Gasteiger partial charge in [-0.3, -0.25) is 0 Å². The fourth-order valence-electron chi connectivity index (χ4n) is 2.32. The topological polar surface area (TPSA) is 47.4 Å². The second-order valence-electron chi connectivity index (χ2n) is 5.34. The molecule has 0 spiro atoms. The molecule has 0 atom stereocenters. The first-order valence-electron chi connectivity index (χ1n) is 7.39. The van der Waals surface area contributed by atoms with E-state index in [0.29, 0.717) is 15.4 Å². The molecule has 0 aliphatic heterocycles. The van der Waals surface area contributed by atoms with Crippen molar-refractivity contribution in [1.29, 1.82) is 0 Å². The van der Waals surface area contributed by atoms with Crippen LogP contribution in [-0.2, 0) is 11.4 Å². The number of aromatic nitrogens is 2. The van der Waals surface area contributed by atoms with Crippen LogP contribution < -0.4 is 5.36 Å². The molecular formula is C18H15Cl2N3O. The summed E-state index contributed by atoms with van der Waals surface area (Å²) >= 11 is 11.9. The Kier molecular flexibility index (Phi) is 4.97. The third-order valence-corrected chi connectivity index (χ3v) is 4.25. The van der Waals surface area contributed by atoms with E-state index in [-0.39, 0.29) is 6.61 Å². The maximum atomic E-state index is 6.00. The lowest BCUT2D eigenvalue weighted by atomic mass is 10.2. The Balaban J connectivity index is 1.93. The lowest BCUT2D eigenvalue weighted by Crippen LogP contribution is -2.11. The van der Waals surface area contributed by atoms with Crippen molar-refractivity contribution in [1.82, 2.24) is 9.97 Å². The lowest BCUT2D eigenvalue weighted by molar-refractivity contribution is 0.119. The van der Waals surface area contributed by atoms with Gasteiger partial charge in [0.25, 0.3) is 0 Å². The number of rotatable bonds is 3. The number of hydrogen-bond acceptors (Lipinski definition) is 4. The predicted octanol–water partition coefficient (Wildman–Crippen LogP) is 4.59. The highest BCUT2D eigenvalue weighted by molar-refractivity contribution is 6.42. The Bertz CT molecular complexity index is 926. The zero-order valence-corrected chi connectivity index (χ0v) is 14.8. The van der Waals surface area contributed by atoms with E-state index in [4.69, 9.17) is 28.0 Å². The van der Waals surface area contributed by atoms with Crippen LogP contribution in [-0.4, -0.2) is 9.97 Å². The Morgan fingerprint density at radius 2 is 1.54 bits per heavy atom. The largest absolute Gasteiger partial charge is 0.390 e. The molecule has 0 bridgehead atoms. The van der Waals surface area contributed by atoms with Crippen molar-refractivity contribution in [3.8, 4) is 0 Å². The zero-order chi connectivity index (χ0) is 17.1. The molecule has 0 aliphatic carbocycles. The van der Waals surface area contributed by atoms with Crippen molar-refractivity contribution in [3.05, 3.63) is 74.8 Å². The van der Waals surface area contributed by atoms with Crippen molar-refractivity contribution in [2.75, 3.05) is 0 Å². The van der Waals surface area contributed by atoms with Crippen LogP contribution in [0.15, 0.2) is 47.6 Å². The second kappa shape index (κ2) is 7.16. The molecule has 0 saturated carbocycles. The highest BCUT2D eigenvalue weighted by atomic mass is 35.5.